The molecule has 0 spiro atoms. The fourth-order valence-corrected chi connectivity index (χ4v) is 1.17. The van der Waals surface area contributed by atoms with E-state index >= 15 is 0 Å². The standard InChI is InChI=1S/C11H22N2O3/c1-5-9(11(15)16-4)12-6-7-13-10(14)8(2)3/h8-9,12H,5-7H2,1-4H3,(H,13,14). The molecule has 0 aromatic rings. The van der Waals surface area contributed by atoms with E-state index in [9.17, 15) is 9.59 Å². The van der Waals surface area contributed by atoms with Crippen LogP contribution in [-0.4, -0.2) is 38.1 Å². The lowest BCUT2D eigenvalue weighted by Crippen LogP contribution is -2.42. The molecule has 0 rings (SSSR count). The van der Waals surface area contributed by atoms with E-state index in [1.54, 1.807) is 0 Å². The first-order valence-corrected chi connectivity index (χ1v) is 5.61. The lowest BCUT2D eigenvalue weighted by molar-refractivity contribution is -0.143. The van der Waals surface area contributed by atoms with Crippen LogP contribution in [0.5, 0.6) is 0 Å². The molecule has 1 unspecified atom stereocenters. The van der Waals surface area contributed by atoms with Crippen molar-refractivity contribution in [3.63, 3.8) is 0 Å². The highest BCUT2D eigenvalue weighted by Gasteiger charge is 2.15. The maximum Gasteiger partial charge on any atom is 0.322 e. The molecule has 0 aliphatic carbocycles. The Morgan fingerprint density at radius 1 is 1.25 bits per heavy atom. The number of nitrogens with one attached hydrogen (secondary N) is 2. The molecular weight excluding hydrogens is 208 g/mol. The Kier molecular flexibility index (Phi) is 7.54. The Hall–Kier alpha value is -1.10. The highest BCUT2D eigenvalue weighted by atomic mass is 16.5. The van der Waals surface area contributed by atoms with Gasteiger partial charge in [-0.25, -0.2) is 0 Å². The van der Waals surface area contributed by atoms with Gasteiger partial charge in [0.1, 0.15) is 6.04 Å². The zero-order valence-corrected chi connectivity index (χ0v) is 10.5. The highest BCUT2D eigenvalue weighted by Crippen LogP contribution is 1.93. The Bertz CT molecular complexity index is 229. The predicted molar refractivity (Wildman–Crippen MR) is 61.9 cm³/mol. The van der Waals surface area contributed by atoms with E-state index < -0.39 is 0 Å². The Labute approximate surface area is 96.9 Å². The second-order valence-electron chi connectivity index (χ2n) is 3.88. The van der Waals surface area contributed by atoms with Crippen molar-refractivity contribution in [2.75, 3.05) is 20.2 Å². The first-order chi connectivity index (χ1) is 7.52. The fraction of sp³-hybridized carbons (Fsp3) is 0.818. The lowest BCUT2D eigenvalue weighted by atomic mass is 10.2. The van der Waals surface area contributed by atoms with Crippen LogP contribution in [0.1, 0.15) is 27.2 Å². The molecule has 16 heavy (non-hydrogen) atoms. The van der Waals surface area contributed by atoms with Crippen LogP contribution in [0.15, 0.2) is 0 Å². The molecule has 0 aliphatic heterocycles. The van der Waals surface area contributed by atoms with Gasteiger partial charge in [0.15, 0.2) is 0 Å². The molecule has 0 fully saturated rings. The van der Waals surface area contributed by atoms with Crippen molar-refractivity contribution in [3.05, 3.63) is 0 Å². The Morgan fingerprint density at radius 3 is 2.31 bits per heavy atom. The second kappa shape index (κ2) is 8.10. The number of rotatable bonds is 7. The van der Waals surface area contributed by atoms with Crippen molar-refractivity contribution in [1.29, 1.82) is 0 Å². The summed E-state index contributed by atoms with van der Waals surface area (Å²) in [5.74, 6) is -0.256. The molecule has 0 heterocycles. The zero-order valence-electron chi connectivity index (χ0n) is 10.5. The minimum Gasteiger partial charge on any atom is -0.468 e. The molecule has 0 radical (unpaired) electrons. The van der Waals surface area contributed by atoms with Crippen molar-refractivity contribution in [2.45, 2.75) is 33.2 Å². The topological polar surface area (TPSA) is 67.4 Å². The summed E-state index contributed by atoms with van der Waals surface area (Å²) < 4.78 is 4.63. The van der Waals surface area contributed by atoms with E-state index in [1.165, 1.54) is 7.11 Å². The summed E-state index contributed by atoms with van der Waals surface area (Å²) in [5.41, 5.74) is 0. The summed E-state index contributed by atoms with van der Waals surface area (Å²) in [7, 11) is 1.37. The van der Waals surface area contributed by atoms with E-state index in [0.717, 1.165) is 0 Å². The molecule has 1 atom stereocenters. The van der Waals surface area contributed by atoms with Crippen molar-refractivity contribution in [1.82, 2.24) is 10.6 Å². The average molecular weight is 230 g/mol. The van der Waals surface area contributed by atoms with Gasteiger partial charge in [-0.15, -0.1) is 0 Å². The number of esters is 1. The number of carbonyl (C=O) groups excluding carboxylic acids is 2. The molecule has 1 amide bonds. The van der Waals surface area contributed by atoms with Gasteiger partial charge in [0, 0.05) is 19.0 Å². The molecule has 0 aliphatic rings. The Morgan fingerprint density at radius 2 is 1.88 bits per heavy atom. The Balaban J connectivity index is 3.71. The van der Waals surface area contributed by atoms with Crippen LogP contribution in [0.2, 0.25) is 0 Å². The van der Waals surface area contributed by atoms with Crippen LogP contribution < -0.4 is 10.6 Å². The quantitative estimate of drug-likeness (QED) is 0.487. The molecule has 0 aromatic heterocycles. The van der Waals surface area contributed by atoms with Crippen molar-refractivity contribution in [3.8, 4) is 0 Å². The average Bonchev–Trinajstić information content (AvgIpc) is 2.27. The molecule has 5 nitrogen and oxygen atoms in total. The van der Waals surface area contributed by atoms with E-state index in [2.05, 4.69) is 15.4 Å². The number of hydrogen-bond donors (Lipinski definition) is 2. The first kappa shape index (κ1) is 14.9. The van der Waals surface area contributed by atoms with Gasteiger partial charge < -0.3 is 15.4 Å². The van der Waals surface area contributed by atoms with Gasteiger partial charge in [-0.2, -0.15) is 0 Å². The maximum atomic E-state index is 11.2. The van der Waals surface area contributed by atoms with Crippen LogP contribution in [0.4, 0.5) is 0 Å². The summed E-state index contributed by atoms with van der Waals surface area (Å²) in [4.78, 5) is 22.4. The number of methoxy groups -OCH3 is 1. The van der Waals surface area contributed by atoms with Gasteiger partial charge in [-0.05, 0) is 6.42 Å². The molecule has 0 aromatic carbocycles. The van der Waals surface area contributed by atoms with Crippen molar-refractivity contribution in [2.24, 2.45) is 5.92 Å². The summed E-state index contributed by atoms with van der Waals surface area (Å²) in [6.45, 7) is 6.66. The molecule has 5 heteroatoms. The van der Waals surface area contributed by atoms with Crippen molar-refractivity contribution >= 4 is 11.9 Å². The van der Waals surface area contributed by atoms with E-state index in [0.29, 0.717) is 19.5 Å². The minimum absolute atomic E-state index is 0.0115. The molecule has 2 N–H and O–H groups in total. The van der Waals surface area contributed by atoms with Gasteiger partial charge in [0.05, 0.1) is 7.11 Å². The monoisotopic (exact) mass is 230 g/mol. The smallest absolute Gasteiger partial charge is 0.322 e. The molecule has 0 saturated carbocycles. The van der Waals surface area contributed by atoms with Gasteiger partial charge in [-0.3, -0.25) is 9.59 Å². The normalized spacial score (nSPS) is 12.3. The van der Waals surface area contributed by atoms with Gasteiger partial charge in [0.2, 0.25) is 5.91 Å². The molecule has 94 valence electrons. The minimum atomic E-state index is -0.291. The van der Waals surface area contributed by atoms with Crippen LogP contribution in [0, 0.1) is 5.92 Å². The number of hydrogen-bond acceptors (Lipinski definition) is 4. The lowest BCUT2D eigenvalue weighted by Gasteiger charge is -2.15. The van der Waals surface area contributed by atoms with E-state index in [1.807, 2.05) is 20.8 Å². The van der Waals surface area contributed by atoms with Crippen LogP contribution in [0.3, 0.4) is 0 Å². The number of carbonyl (C=O) groups is 2. The van der Waals surface area contributed by atoms with Crippen LogP contribution in [-0.2, 0) is 14.3 Å². The number of amides is 1. The first-order valence-electron chi connectivity index (χ1n) is 5.61. The van der Waals surface area contributed by atoms with Gasteiger partial charge in [-0.1, -0.05) is 20.8 Å². The summed E-state index contributed by atoms with van der Waals surface area (Å²) in [6, 6.07) is -0.291. The summed E-state index contributed by atoms with van der Waals surface area (Å²) in [6.07, 6.45) is 0.671. The van der Waals surface area contributed by atoms with E-state index in [4.69, 9.17) is 0 Å². The van der Waals surface area contributed by atoms with Crippen molar-refractivity contribution < 1.29 is 14.3 Å². The zero-order chi connectivity index (χ0) is 12.6. The predicted octanol–water partition coefficient (Wildman–Crippen LogP) is 0.300. The van der Waals surface area contributed by atoms with Crippen LogP contribution in [0.25, 0.3) is 0 Å². The largest absolute Gasteiger partial charge is 0.468 e. The van der Waals surface area contributed by atoms with Crippen LogP contribution >= 0.6 is 0 Å². The van der Waals surface area contributed by atoms with Gasteiger partial charge in [0.25, 0.3) is 0 Å². The third-order valence-corrected chi connectivity index (χ3v) is 2.23. The molecular formula is C11H22N2O3. The third-order valence-electron chi connectivity index (χ3n) is 2.23. The second-order valence-corrected chi connectivity index (χ2v) is 3.88. The van der Waals surface area contributed by atoms with E-state index in [-0.39, 0.29) is 23.8 Å². The summed E-state index contributed by atoms with van der Waals surface area (Å²) in [5, 5.41) is 5.79. The SMILES string of the molecule is CCC(NCCNC(=O)C(C)C)C(=O)OC. The third kappa shape index (κ3) is 5.70. The maximum absolute atomic E-state index is 11.2. The van der Waals surface area contributed by atoms with Gasteiger partial charge >= 0.3 is 5.97 Å². The highest BCUT2D eigenvalue weighted by molar-refractivity contribution is 5.77. The summed E-state index contributed by atoms with van der Waals surface area (Å²) >= 11 is 0. The fourth-order valence-electron chi connectivity index (χ4n) is 1.17. The molecule has 0 bridgehead atoms. The molecule has 0 saturated heterocycles. The number of ether oxygens (including phenoxy) is 1.